The van der Waals surface area contributed by atoms with Gasteiger partial charge in [-0.3, -0.25) is 9.59 Å². The number of nitrogens with two attached hydrogens (primary N) is 1. The zero-order valence-electron chi connectivity index (χ0n) is 25.5. The summed E-state index contributed by atoms with van der Waals surface area (Å²) in [5, 5.41) is 44.5. The van der Waals surface area contributed by atoms with Gasteiger partial charge >= 0.3 is 0 Å². The number of unbranched alkanes of at least 4 members (excludes halogenated alkanes) is 7. The molecule has 246 valence electrons. The smallest absolute Gasteiger partial charge is 0.227 e. The van der Waals surface area contributed by atoms with E-state index in [2.05, 4.69) is 5.32 Å². The zero-order valence-corrected chi connectivity index (χ0v) is 26.3. The van der Waals surface area contributed by atoms with Crippen LogP contribution in [0.5, 0.6) is 0 Å². The van der Waals surface area contributed by atoms with Crippen LogP contribution in [-0.2, 0) is 25.5 Å². The average Bonchev–Trinajstić information content (AvgIpc) is 2.94. The van der Waals surface area contributed by atoms with Crippen molar-refractivity contribution in [2.24, 2.45) is 5.73 Å². The van der Waals surface area contributed by atoms with Crippen molar-refractivity contribution in [3.8, 4) is 0 Å². The number of aryl methyl sites for hydroxylation is 1. The third-order valence-electron chi connectivity index (χ3n) is 7.65. The Hall–Kier alpha value is -1.80. The molecular weight excluding hydrogens is 579 g/mol. The highest BCUT2D eigenvalue weighted by molar-refractivity contribution is 7.99. The van der Waals surface area contributed by atoms with Crippen LogP contribution in [0.25, 0.3) is 0 Å². The van der Waals surface area contributed by atoms with Crippen molar-refractivity contribution in [3.05, 3.63) is 35.6 Å². The van der Waals surface area contributed by atoms with Crippen molar-refractivity contribution in [1.82, 2.24) is 5.32 Å². The van der Waals surface area contributed by atoms with Crippen molar-refractivity contribution in [1.29, 1.82) is 0 Å². The number of thioether (sulfide) groups is 1. The molecule has 1 fully saturated rings. The molecule has 7 atom stereocenters. The lowest BCUT2D eigenvalue weighted by atomic mass is 9.86. The number of ether oxygens (including phenoxy) is 2. The first-order valence-corrected chi connectivity index (χ1v) is 16.5. The van der Waals surface area contributed by atoms with Gasteiger partial charge in [0.15, 0.2) is 6.29 Å². The number of nitrogens with one attached hydrogen (secondary N) is 1. The fraction of sp³-hybridized carbons (Fsp3) is 0.742. The third-order valence-corrected chi connectivity index (χ3v) is 8.68. The Labute approximate surface area is 258 Å². The largest absolute Gasteiger partial charge is 0.393 e. The third kappa shape index (κ3) is 14.2. The molecule has 0 spiro atoms. The Morgan fingerprint density at radius 3 is 2.30 bits per heavy atom. The molecule has 1 saturated heterocycles. The average molecular weight is 631 g/mol. The van der Waals surface area contributed by atoms with Gasteiger partial charge in [-0.15, -0.1) is 11.8 Å². The van der Waals surface area contributed by atoms with E-state index in [1.807, 2.05) is 12.1 Å². The predicted octanol–water partition coefficient (Wildman–Crippen LogP) is 2.57. The minimum absolute atomic E-state index is 0.00262. The summed E-state index contributed by atoms with van der Waals surface area (Å²) in [5.74, 6) is -0.767. The highest BCUT2D eigenvalue weighted by Gasteiger charge is 2.52. The minimum Gasteiger partial charge on any atom is -0.393 e. The molecule has 7 N–H and O–H groups in total. The van der Waals surface area contributed by atoms with Gasteiger partial charge in [-0.1, -0.05) is 50.7 Å². The van der Waals surface area contributed by atoms with E-state index in [-0.39, 0.29) is 36.3 Å². The van der Waals surface area contributed by atoms with E-state index < -0.39 is 48.3 Å². The van der Waals surface area contributed by atoms with Gasteiger partial charge in [-0.05, 0) is 57.2 Å². The van der Waals surface area contributed by atoms with Crippen molar-refractivity contribution in [3.63, 3.8) is 0 Å². The molecule has 4 unspecified atom stereocenters. The van der Waals surface area contributed by atoms with Crippen LogP contribution >= 0.6 is 11.8 Å². The maximum Gasteiger partial charge on any atom is 0.227 e. The summed E-state index contributed by atoms with van der Waals surface area (Å²) in [5.41, 5.74) is 4.54. The Kier molecular flexibility index (Phi) is 17.0. The number of hydrogen-bond acceptors (Lipinski definition) is 9. The standard InChI is InChI=1S/C31H51FN2O8S/c1-21(35)17-24(18-41-30-28(38)29(39)31(2,40)25(42-30)19-43-20-26(33)36)34-27(37)12-10-8-6-4-3-5-7-9-11-22-13-15-23(32)16-14-22/h13-16,21,24-25,28-30,35,38-40H,3-12,17-20H2,1-2H3,(H2,33,36)(H,34,37)/t21-,24-,25?,28?,29?,30+,31?/m1/s1. The quantitative estimate of drug-likeness (QED) is 0.112. The molecule has 10 nitrogen and oxygen atoms in total. The Balaban J connectivity index is 1.66. The van der Waals surface area contributed by atoms with Gasteiger partial charge in [0.2, 0.25) is 11.8 Å². The molecule has 0 bridgehead atoms. The van der Waals surface area contributed by atoms with Gasteiger partial charge < -0.3 is 41.0 Å². The Bertz CT molecular complexity index is 952. The number of aliphatic hydroxyl groups excluding tert-OH is 3. The normalized spacial score (nSPS) is 25.3. The number of carbonyl (C=O) groups is 2. The van der Waals surface area contributed by atoms with Crippen LogP contribution in [0.4, 0.5) is 4.39 Å². The molecule has 12 heteroatoms. The maximum atomic E-state index is 13.0. The van der Waals surface area contributed by atoms with E-state index in [9.17, 15) is 34.4 Å². The Morgan fingerprint density at radius 1 is 1.09 bits per heavy atom. The van der Waals surface area contributed by atoms with Gasteiger partial charge in [-0.25, -0.2) is 4.39 Å². The van der Waals surface area contributed by atoms with E-state index in [0.717, 1.165) is 75.1 Å². The number of rotatable bonds is 21. The van der Waals surface area contributed by atoms with E-state index in [4.69, 9.17) is 15.2 Å². The first-order chi connectivity index (χ1) is 20.4. The van der Waals surface area contributed by atoms with E-state index in [1.54, 1.807) is 6.92 Å². The molecule has 0 aromatic heterocycles. The molecule has 2 amide bonds. The van der Waals surface area contributed by atoms with Gasteiger partial charge in [0.05, 0.1) is 24.5 Å². The molecule has 1 aliphatic heterocycles. The van der Waals surface area contributed by atoms with Gasteiger partial charge in [0.1, 0.15) is 29.7 Å². The van der Waals surface area contributed by atoms with Gasteiger partial charge in [0.25, 0.3) is 0 Å². The monoisotopic (exact) mass is 630 g/mol. The molecule has 43 heavy (non-hydrogen) atoms. The molecule has 0 saturated carbocycles. The molecule has 1 heterocycles. The molecule has 2 rings (SSSR count). The minimum atomic E-state index is -1.79. The van der Waals surface area contributed by atoms with Crippen molar-refractivity contribution in [2.45, 2.75) is 127 Å². The lowest BCUT2D eigenvalue weighted by molar-refractivity contribution is -0.319. The van der Waals surface area contributed by atoms with Gasteiger partial charge in [0, 0.05) is 12.2 Å². The topological polar surface area (TPSA) is 172 Å². The lowest BCUT2D eigenvalue weighted by Gasteiger charge is -2.46. The number of aliphatic hydroxyl groups is 4. The summed E-state index contributed by atoms with van der Waals surface area (Å²) < 4.78 is 24.4. The number of halogens is 1. The van der Waals surface area contributed by atoms with Crippen LogP contribution in [-0.4, -0.2) is 92.7 Å². The Morgan fingerprint density at radius 2 is 1.70 bits per heavy atom. The second kappa shape index (κ2) is 19.6. The van der Waals surface area contributed by atoms with Crippen molar-refractivity contribution in [2.75, 3.05) is 18.1 Å². The van der Waals surface area contributed by atoms with Crippen LogP contribution in [0.3, 0.4) is 0 Å². The summed E-state index contributed by atoms with van der Waals surface area (Å²) in [6.07, 6.45) is 3.83. The number of primary amides is 1. The molecule has 1 aliphatic rings. The second-order valence-electron chi connectivity index (χ2n) is 11.8. The van der Waals surface area contributed by atoms with Crippen LogP contribution in [0.15, 0.2) is 24.3 Å². The SMILES string of the molecule is C[C@@H](O)C[C@H](CO[C@H]1OC(CSCC(N)=O)C(C)(O)C(O)C1O)NC(=O)CCCCCCCCCCc1ccc(F)cc1. The van der Waals surface area contributed by atoms with Gasteiger partial charge in [-0.2, -0.15) is 0 Å². The van der Waals surface area contributed by atoms with Crippen molar-refractivity contribution < 1.29 is 43.9 Å². The van der Waals surface area contributed by atoms with Crippen LogP contribution in [0.1, 0.15) is 83.6 Å². The van der Waals surface area contributed by atoms with Crippen molar-refractivity contribution >= 4 is 23.6 Å². The zero-order chi connectivity index (χ0) is 31.8. The highest BCUT2D eigenvalue weighted by Crippen LogP contribution is 2.32. The van der Waals surface area contributed by atoms with Crippen LogP contribution in [0.2, 0.25) is 0 Å². The fourth-order valence-corrected chi connectivity index (χ4v) is 6.04. The summed E-state index contributed by atoms with van der Waals surface area (Å²) in [6.45, 7) is 2.84. The summed E-state index contributed by atoms with van der Waals surface area (Å²) >= 11 is 1.13. The summed E-state index contributed by atoms with van der Waals surface area (Å²) in [6, 6.07) is 6.12. The fourth-order valence-electron chi connectivity index (χ4n) is 5.10. The summed E-state index contributed by atoms with van der Waals surface area (Å²) in [4.78, 5) is 23.7. The number of benzene rings is 1. The number of amides is 2. The molecule has 1 aromatic carbocycles. The number of carbonyl (C=O) groups excluding carboxylic acids is 2. The predicted molar refractivity (Wildman–Crippen MR) is 164 cm³/mol. The first kappa shape index (κ1) is 37.4. The number of hydrogen-bond donors (Lipinski definition) is 6. The molecule has 1 aromatic rings. The maximum absolute atomic E-state index is 13.0. The van der Waals surface area contributed by atoms with E-state index >= 15 is 0 Å². The highest BCUT2D eigenvalue weighted by atomic mass is 32.2. The first-order valence-electron chi connectivity index (χ1n) is 15.3. The molecule has 0 radical (unpaired) electrons. The molecule has 0 aliphatic carbocycles. The molecular formula is C31H51FN2O8S. The van der Waals surface area contributed by atoms with E-state index in [1.165, 1.54) is 19.1 Å². The summed E-state index contributed by atoms with van der Waals surface area (Å²) in [7, 11) is 0. The lowest BCUT2D eigenvalue weighted by Crippen LogP contribution is -2.65. The van der Waals surface area contributed by atoms with E-state index in [0.29, 0.717) is 6.42 Å². The second-order valence-corrected chi connectivity index (χ2v) is 12.8. The van der Waals surface area contributed by atoms with Crippen LogP contribution < -0.4 is 11.1 Å². The van der Waals surface area contributed by atoms with Crippen LogP contribution in [0, 0.1) is 5.82 Å².